The second kappa shape index (κ2) is 10.1. The zero-order valence-corrected chi connectivity index (χ0v) is 22.5. The van der Waals surface area contributed by atoms with Crippen LogP contribution in [0.1, 0.15) is 77.7 Å². The van der Waals surface area contributed by atoms with E-state index >= 15 is 0 Å². The summed E-state index contributed by atoms with van der Waals surface area (Å²) in [6.07, 6.45) is 7.61. The molecule has 0 radical (unpaired) electrons. The van der Waals surface area contributed by atoms with Gasteiger partial charge in [0.05, 0.1) is 29.4 Å². The van der Waals surface area contributed by atoms with E-state index in [2.05, 4.69) is 36.8 Å². The number of carbonyl (C=O) groups is 2. The van der Waals surface area contributed by atoms with Crippen LogP contribution in [0.2, 0.25) is 0 Å². The lowest BCUT2D eigenvalue weighted by atomic mass is 9.74. The molecule has 1 aliphatic heterocycles. The molecular formula is C28H31N6O2P. The number of aryl methyl sites for hydroxylation is 1. The molecule has 2 aromatic heterocycles. The van der Waals surface area contributed by atoms with E-state index in [-0.39, 0.29) is 29.8 Å². The SMILES string of the molecule is Cc1ccc(C#N)c([C@H]2C[C@@H](NC(=O)c3cnn(C(C)c4cnc(N5CC[C@H](C)C5=O)c(P)c4)c3)C2)c1. The molecule has 1 saturated carbocycles. The molecule has 2 fully saturated rings. The highest BCUT2D eigenvalue weighted by Gasteiger charge is 2.33. The second-order valence-corrected chi connectivity index (χ2v) is 10.9. The van der Waals surface area contributed by atoms with Crippen molar-refractivity contribution in [3.8, 4) is 6.07 Å². The number of benzene rings is 1. The number of anilines is 1. The summed E-state index contributed by atoms with van der Waals surface area (Å²) in [6.45, 7) is 6.67. The lowest BCUT2D eigenvalue weighted by Crippen LogP contribution is -2.43. The first kappa shape index (κ1) is 25.1. The van der Waals surface area contributed by atoms with Crippen LogP contribution in [0.15, 0.2) is 42.9 Å². The minimum Gasteiger partial charge on any atom is -0.349 e. The third-order valence-corrected chi connectivity index (χ3v) is 8.05. The normalized spacial score (nSPS) is 21.9. The van der Waals surface area contributed by atoms with Gasteiger partial charge >= 0.3 is 0 Å². The number of nitrogens with zero attached hydrogens (tertiary/aromatic N) is 5. The summed E-state index contributed by atoms with van der Waals surface area (Å²) in [5.74, 6) is 0.970. The molecule has 1 aliphatic carbocycles. The molecule has 2 aliphatic rings. The van der Waals surface area contributed by atoms with Gasteiger partial charge in [0.25, 0.3) is 5.91 Å². The molecule has 3 heterocycles. The van der Waals surface area contributed by atoms with Crippen LogP contribution in [0.5, 0.6) is 0 Å². The second-order valence-electron chi connectivity index (χ2n) is 10.3. The minimum absolute atomic E-state index is 0.0295. The van der Waals surface area contributed by atoms with Crippen LogP contribution in [-0.2, 0) is 4.79 Å². The van der Waals surface area contributed by atoms with Crippen LogP contribution in [0, 0.1) is 24.2 Å². The molecule has 1 aromatic carbocycles. The maximum atomic E-state index is 12.9. The van der Waals surface area contributed by atoms with E-state index < -0.39 is 0 Å². The van der Waals surface area contributed by atoms with Crippen molar-refractivity contribution in [3.05, 3.63) is 70.7 Å². The molecule has 0 bridgehead atoms. The van der Waals surface area contributed by atoms with Gasteiger partial charge in [-0.3, -0.25) is 19.2 Å². The Bertz CT molecular complexity index is 1400. The van der Waals surface area contributed by atoms with Crippen LogP contribution >= 0.6 is 9.24 Å². The lowest BCUT2D eigenvalue weighted by molar-refractivity contribution is -0.119. The largest absolute Gasteiger partial charge is 0.349 e. The van der Waals surface area contributed by atoms with Gasteiger partial charge in [0.1, 0.15) is 5.82 Å². The highest BCUT2D eigenvalue weighted by atomic mass is 31.0. The van der Waals surface area contributed by atoms with Crippen molar-refractivity contribution in [1.29, 1.82) is 5.26 Å². The molecule has 1 saturated heterocycles. The van der Waals surface area contributed by atoms with Gasteiger partial charge < -0.3 is 5.32 Å². The zero-order chi connectivity index (χ0) is 26.3. The fourth-order valence-corrected chi connectivity index (χ4v) is 5.60. The summed E-state index contributed by atoms with van der Waals surface area (Å²) in [5.41, 5.74) is 4.38. The van der Waals surface area contributed by atoms with Gasteiger partial charge in [0.15, 0.2) is 0 Å². The average Bonchev–Trinajstić information content (AvgIpc) is 3.48. The first-order valence-electron chi connectivity index (χ1n) is 12.7. The Balaban J connectivity index is 1.21. The van der Waals surface area contributed by atoms with Gasteiger partial charge in [-0.25, -0.2) is 4.98 Å². The highest BCUT2D eigenvalue weighted by molar-refractivity contribution is 7.28. The Hall–Kier alpha value is -3.56. The number of nitriles is 1. The number of pyridine rings is 1. The Morgan fingerprint density at radius 2 is 2.05 bits per heavy atom. The number of nitrogens with one attached hydrogen (secondary N) is 1. The summed E-state index contributed by atoms with van der Waals surface area (Å²) in [5, 5.41) is 17.8. The molecule has 1 N–H and O–H groups in total. The third kappa shape index (κ3) is 4.89. The summed E-state index contributed by atoms with van der Waals surface area (Å²) in [7, 11) is 2.69. The third-order valence-electron chi connectivity index (χ3n) is 7.63. The molecule has 5 rings (SSSR count). The number of aromatic nitrogens is 3. The van der Waals surface area contributed by atoms with E-state index in [0.717, 1.165) is 41.3 Å². The lowest BCUT2D eigenvalue weighted by Gasteiger charge is -2.36. The van der Waals surface area contributed by atoms with Gasteiger partial charge in [-0.1, -0.05) is 24.6 Å². The first-order valence-corrected chi connectivity index (χ1v) is 13.2. The molecule has 0 spiro atoms. The molecule has 37 heavy (non-hydrogen) atoms. The van der Waals surface area contributed by atoms with Crippen molar-refractivity contribution in [2.45, 2.75) is 58.0 Å². The van der Waals surface area contributed by atoms with Gasteiger partial charge in [-0.05, 0) is 62.3 Å². The molecule has 8 nitrogen and oxygen atoms in total. The van der Waals surface area contributed by atoms with Crippen LogP contribution in [-0.4, -0.2) is 39.2 Å². The molecular weight excluding hydrogens is 483 g/mol. The van der Waals surface area contributed by atoms with E-state index in [1.165, 1.54) is 0 Å². The average molecular weight is 515 g/mol. The molecule has 3 aromatic rings. The van der Waals surface area contributed by atoms with Crippen LogP contribution in [0.25, 0.3) is 0 Å². The van der Waals surface area contributed by atoms with Crippen molar-refractivity contribution in [3.63, 3.8) is 0 Å². The van der Waals surface area contributed by atoms with Crippen molar-refractivity contribution in [1.82, 2.24) is 20.1 Å². The van der Waals surface area contributed by atoms with E-state index in [9.17, 15) is 14.9 Å². The summed E-state index contributed by atoms with van der Waals surface area (Å²) >= 11 is 0. The van der Waals surface area contributed by atoms with Gasteiger partial charge in [-0.15, -0.1) is 9.24 Å². The van der Waals surface area contributed by atoms with E-state index in [4.69, 9.17) is 0 Å². The predicted octanol–water partition coefficient (Wildman–Crippen LogP) is 3.62. The van der Waals surface area contributed by atoms with Crippen LogP contribution < -0.4 is 15.5 Å². The maximum Gasteiger partial charge on any atom is 0.254 e. The van der Waals surface area contributed by atoms with E-state index in [1.807, 2.05) is 39.0 Å². The predicted molar refractivity (Wildman–Crippen MR) is 145 cm³/mol. The Labute approximate surface area is 219 Å². The fraction of sp³-hybridized carbons (Fsp3) is 0.393. The van der Waals surface area contributed by atoms with Gasteiger partial charge in [0, 0.05) is 36.2 Å². The van der Waals surface area contributed by atoms with Crippen molar-refractivity contribution in [2.24, 2.45) is 5.92 Å². The summed E-state index contributed by atoms with van der Waals surface area (Å²) in [6, 6.07) is 10.2. The topological polar surface area (TPSA) is 104 Å². The standard InChI is InChI=1S/C28H31N6O2P/c1-16-4-5-19(12-29)24(8-16)20-9-23(10-20)32-27(35)22-14-31-34(15-22)18(3)21-11-25(37)26(30-13-21)33-7-6-17(2)28(33)36/h4-5,8,11,13-15,17-18,20,23H,6-7,9-10,37H2,1-3H3,(H,32,35)/t17-,18?,20-,23+/m0/s1. The van der Waals surface area contributed by atoms with Crippen molar-refractivity contribution in [2.75, 3.05) is 11.4 Å². The Morgan fingerprint density at radius 3 is 2.73 bits per heavy atom. The number of rotatable bonds is 6. The quantitative estimate of drug-likeness (QED) is 0.506. The number of carbonyl (C=O) groups excluding carboxylic acids is 2. The van der Waals surface area contributed by atoms with Crippen LogP contribution in [0.3, 0.4) is 0 Å². The minimum atomic E-state index is -0.145. The molecule has 3 atom stereocenters. The number of hydrogen-bond acceptors (Lipinski definition) is 5. The highest BCUT2D eigenvalue weighted by Crippen LogP contribution is 2.39. The van der Waals surface area contributed by atoms with Crippen molar-refractivity contribution < 1.29 is 9.59 Å². The fourth-order valence-electron chi connectivity index (χ4n) is 5.18. The molecule has 9 heteroatoms. The van der Waals surface area contributed by atoms with Gasteiger partial charge in [0.2, 0.25) is 5.91 Å². The van der Waals surface area contributed by atoms with E-state index in [1.54, 1.807) is 28.2 Å². The molecule has 2 amide bonds. The number of hydrogen-bond donors (Lipinski definition) is 1. The number of amides is 2. The maximum absolute atomic E-state index is 12.9. The Morgan fingerprint density at radius 1 is 1.27 bits per heavy atom. The Kier molecular flexibility index (Phi) is 6.83. The zero-order valence-electron chi connectivity index (χ0n) is 21.3. The van der Waals surface area contributed by atoms with Gasteiger partial charge in [-0.2, -0.15) is 10.4 Å². The summed E-state index contributed by atoms with van der Waals surface area (Å²) in [4.78, 5) is 31.6. The van der Waals surface area contributed by atoms with E-state index in [0.29, 0.717) is 29.4 Å². The first-order chi connectivity index (χ1) is 17.7. The molecule has 190 valence electrons. The summed E-state index contributed by atoms with van der Waals surface area (Å²) < 4.78 is 1.76. The monoisotopic (exact) mass is 514 g/mol. The van der Waals surface area contributed by atoms with Crippen molar-refractivity contribution >= 4 is 32.2 Å². The smallest absolute Gasteiger partial charge is 0.254 e. The molecule has 2 unspecified atom stereocenters. The van der Waals surface area contributed by atoms with Crippen LogP contribution in [0.4, 0.5) is 5.82 Å².